The Morgan fingerprint density at radius 2 is 1.12 bits per heavy atom. The number of anilines is 4. The van der Waals surface area contributed by atoms with Crippen LogP contribution in [0.25, 0.3) is 11.1 Å². The van der Waals surface area contributed by atoms with Crippen molar-refractivity contribution in [1.29, 1.82) is 0 Å². The van der Waals surface area contributed by atoms with Gasteiger partial charge in [0.25, 0.3) is 0 Å². The second-order valence-corrected chi connectivity index (χ2v) is 9.64. The number of hydrogen-bond donors (Lipinski definition) is 0. The largest absolute Gasteiger partial charge is 0.344 e. The molecule has 0 aliphatic carbocycles. The maximum atomic E-state index is 2.37. The maximum Gasteiger partial charge on any atom is 0.0455 e. The third-order valence-electron chi connectivity index (χ3n) is 7.49. The van der Waals surface area contributed by atoms with E-state index in [9.17, 15) is 0 Å². The lowest BCUT2D eigenvalue weighted by Crippen LogP contribution is -2.30. The Morgan fingerprint density at radius 3 is 1.94 bits per heavy atom. The van der Waals surface area contributed by atoms with E-state index in [0.29, 0.717) is 0 Å². The van der Waals surface area contributed by atoms with Crippen LogP contribution in [0.4, 0.5) is 22.7 Å². The molecule has 4 aromatic carbocycles. The van der Waals surface area contributed by atoms with Gasteiger partial charge in [-0.3, -0.25) is 0 Å². The molecule has 4 aromatic rings. The van der Waals surface area contributed by atoms with Gasteiger partial charge in [-0.25, -0.2) is 0 Å². The zero-order valence-electron chi connectivity index (χ0n) is 19.2. The summed E-state index contributed by atoms with van der Waals surface area (Å²) < 4.78 is 0. The Bertz CT molecular complexity index is 1370. The van der Waals surface area contributed by atoms with Crippen molar-refractivity contribution in [3.63, 3.8) is 0 Å². The van der Waals surface area contributed by atoms with Crippen LogP contribution < -0.4 is 9.80 Å². The molecule has 2 aliphatic rings. The molecular formula is C30H28N2. The van der Waals surface area contributed by atoms with Gasteiger partial charge < -0.3 is 9.80 Å². The van der Waals surface area contributed by atoms with Crippen molar-refractivity contribution in [2.24, 2.45) is 0 Å². The number of benzene rings is 4. The smallest absolute Gasteiger partial charge is 0.0455 e. The molecule has 158 valence electrons. The molecule has 0 fully saturated rings. The minimum atomic E-state index is -0.0171. The van der Waals surface area contributed by atoms with Gasteiger partial charge in [-0.1, -0.05) is 74.5 Å². The fraction of sp³-hybridized carbons (Fsp3) is 0.200. The Balaban J connectivity index is 1.45. The van der Waals surface area contributed by atoms with Gasteiger partial charge in [0.1, 0.15) is 0 Å². The van der Waals surface area contributed by atoms with Crippen LogP contribution in [0.2, 0.25) is 0 Å². The Kier molecular flexibility index (Phi) is 4.04. The Labute approximate surface area is 190 Å². The lowest BCUT2D eigenvalue weighted by Gasteiger charge is -2.40. The molecule has 0 radical (unpaired) electrons. The molecule has 0 spiro atoms. The molecule has 0 amide bonds. The van der Waals surface area contributed by atoms with Gasteiger partial charge in [-0.15, -0.1) is 0 Å². The van der Waals surface area contributed by atoms with E-state index in [1.165, 1.54) is 56.1 Å². The maximum absolute atomic E-state index is 2.37. The van der Waals surface area contributed by atoms with Crippen LogP contribution in [0, 0.1) is 0 Å². The average Bonchev–Trinajstić information content (AvgIpc) is 2.82. The average molecular weight is 417 g/mol. The topological polar surface area (TPSA) is 6.48 Å². The fourth-order valence-corrected chi connectivity index (χ4v) is 5.61. The quantitative estimate of drug-likeness (QED) is 0.318. The molecule has 0 saturated carbocycles. The fourth-order valence-electron chi connectivity index (χ4n) is 5.61. The Morgan fingerprint density at radius 1 is 0.562 bits per heavy atom. The summed E-state index contributed by atoms with van der Waals surface area (Å²) in [6, 6.07) is 31.4. The molecule has 6 rings (SSSR count). The highest BCUT2D eigenvalue weighted by atomic mass is 15.1. The predicted molar refractivity (Wildman–Crippen MR) is 136 cm³/mol. The molecule has 32 heavy (non-hydrogen) atoms. The van der Waals surface area contributed by atoms with Crippen molar-refractivity contribution in [2.45, 2.75) is 25.7 Å². The van der Waals surface area contributed by atoms with E-state index in [1.54, 1.807) is 0 Å². The molecule has 0 aromatic heterocycles. The summed E-state index contributed by atoms with van der Waals surface area (Å²) in [5.74, 6) is 0. The number of nitrogens with zero attached hydrogens (tertiary/aromatic N) is 2. The molecule has 2 heteroatoms. The molecule has 0 unspecified atom stereocenters. The molecule has 0 N–H and O–H groups in total. The molecule has 2 heterocycles. The Hall–Kier alpha value is -3.52. The summed E-state index contributed by atoms with van der Waals surface area (Å²) in [7, 11) is 4.37. The van der Waals surface area contributed by atoms with E-state index in [1.807, 2.05) is 0 Å². The zero-order valence-corrected chi connectivity index (χ0v) is 19.2. The summed E-state index contributed by atoms with van der Waals surface area (Å²) in [6.45, 7) is 4.67. The predicted octanol–water partition coefficient (Wildman–Crippen LogP) is 7.43. The van der Waals surface area contributed by atoms with Crippen LogP contribution in [0.1, 0.15) is 36.1 Å². The highest BCUT2D eigenvalue weighted by molar-refractivity contribution is 5.83. The van der Waals surface area contributed by atoms with Gasteiger partial charge in [0.15, 0.2) is 0 Å². The molecule has 2 aliphatic heterocycles. The van der Waals surface area contributed by atoms with Crippen molar-refractivity contribution < 1.29 is 0 Å². The van der Waals surface area contributed by atoms with Crippen LogP contribution in [-0.2, 0) is 11.8 Å². The third-order valence-corrected chi connectivity index (χ3v) is 7.49. The zero-order chi connectivity index (χ0) is 22.0. The first-order chi connectivity index (χ1) is 15.4. The van der Waals surface area contributed by atoms with Gasteiger partial charge in [0.2, 0.25) is 0 Å². The van der Waals surface area contributed by atoms with Crippen molar-refractivity contribution in [3.8, 4) is 11.1 Å². The van der Waals surface area contributed by atoms with Gasteiger partial charge >= 0.3 is 0 Å². The van der Waals surface area contributed by atoms with Crippen molar-refractivity contribution in [3.05, 3.63) is 107 Å². The molecule has 0 bridgehead atoms. The van der Waals surface area contributed by atoms with Gasteiger partial charge in [-0.2, -0.15) is 0 Å². The normalized spacial score (nSPS) is 15.5. The first kappa shape index (κ1) is 19.2. The summed E-state index contributed by atoms with van der Waals surface area (Å²) >= 11 is 0. The molecular weight excluding hydrogens is 388 g/mol. The first-order valence-electron chi connectivity index (χ1n) is 11.4. The van der Waals surface area contributed by atoms with Crippen molar-refractivity contribution >= 4 is 22.7 Å². The van der Waals surface area contributed by atoms with Gasteiger partial charge in [-0.05, 0) is 57.6 Å². The van der Waals surface area contributed by atoms with E-state index in [0.717, 1.165) is 6.42 Å². The van der Waals surface area contributed by atoms with Crippen LogP contribution in [-0.4, -0.2) is 14.1 Å². The summed E-state index contributed by atoms with van der Waals surface area (Å²) in [5, 5.41) is 0. The van der Waals surface area contributed by atoms with Gasteiger partial charge in [0.05, 0.1) is 0 Å². The number of para-hydroxylation sites is 2. The van der Waals surface area contributed by atoms with E-state index >= 15 is 0 Å². The minimum Gasteiger partial charge on any atom is -0.344 e. The molecule has 0 saturated heterocycles. The van der Waals surface area contributed by atoms with Crippen molar-refractivity contribution in [2.75, 3.05) is 23.9 Å². The summed E-state index contributed by atoms with van der Waals surface area (Å²) in [4.78, 5) is 4.68. The first-order valence-corrected chi connectivity index (χ1v) is 11.4. The van der Waals surface area contributed by atoms with Crippen LogP contribution >= 0.6 is 0 Å². The minimum absolute atomic E-state index is 0.0171. The van der Waals surface area contributed by atoms with Crippen molar-refractivity contribution in [1.82, 2.24) is 0 Å². The number of hydrogen-bond acceptors (Lipinski definition) is 2. The van der Waals surface area contributed by atoms with E-state index < -0.39 is 0 Å². The lowest BCUT2D eigenvalue weighted by atomic mass is 9.73. The van der Waals surface area contributed by atoms with E-state index in [-0.39, 0.29) is 5.41 Å². The monoisotopic (exact) mass is 416 g/mol. The number of rotatable bonds is 1. The standard InChI is InChI=1S/C30H28N2/c1-30(2)24-10-6-8-12-27(24)32(4)29-19-21(15-16-25(29)30)20-13-14-23-17-22-9-5-7-11-26(22)31(3)28(23)18-20/h5-16,18-19H,17H2,1-4H3. The summed E-state index contributed by atoms with van der Waals surface area (Å²) in [6.07, 6.45) is 0.994. The third kappa shape index (κ3) is 2.65. The van der Waals surface area contributed by atoms with Crippen LogP contribution in [0.15, 0.2) is 84.9 Å². The second kappa shape index (κ2) is 6.74. The highest BCUT2D eigenvalue weighted by Gasteiger charge is 2.34. The number of fused-ring (bicyclic) bond motifs is 4. The van der Waals surface area contributed by atoms with E-state index in [2.05, 4.69) is 123 Å². The van der Waals surface area contributed by atoms with E-state index in [4.69, 9.17) is 0 Å². The van der Waals surface area contributed by atoms with Crippen LogP contribution in [0.5, 0.6) is 0 Å². The van der Waals surface area contributed by atoms with Crippen LogP contribution in [0.3, 0.4) is 0 Å². The highest BCUT2D eigenvalue weighted by Crippen LogP contribution is 2.49. The molecule has 2 nitrogen and oxygen atoms in total. The summed E-state index contributed by atoms with van der Waals surface area (Å²) in [5.41, 5.74) is 13.3. The second-order valence-electron chi connectivity index (χ2n) is 9.64. The van der Waals surface area contributed by atoms with Gasteiger partial charge in [0, 0.05) is 48.7 Å². The lowest BCUT2D eigenvalue weighted by molar-refractivity contribution is 0.629. The molecule has 0 atom stereocenters. The SMILES string of the molecule is CN1c2ccccc2Cc2ccc(-c3ccc4c(c3)N(C)c3ccccc3C4(C)C)cc21.